The molecule has 3 aromatic rings. The molecule has 42 heavy (non-hydrogen) atoms. The lowest BCUT2D eigenvalue weighted by atomic mass is 9.79. The lowest BCUT2D eigenvalue weighted by Crippen LogP contribution is -2.36. The van der Waals surface area contributed by atoms with Crippen molar-refractivity contribution >= 4 is 52.9 Å². The van der Waals surface area contributed by atoms with Crippen molar-refractivity contribution in [3.63, 3.8) is 0 Å². The summed E-state index contributed by atoms with van der Waals surface area (Å²) in [4.78, 5) is 23.7. The van der Waals surface area contributed by atoms with Crippen LogP contribution in [0.25, 0.3) is 22.0 Å². The Bertz CT molecular complexity index is 1410. The van der Waals surface area contributed by atoms with Crippen molar-refractivity contribution in [2.75, 3.05) is 37.9 Å². The van der Waals surface area contributed by atoms with Crippen molar-refractivity contribution in [1.82, 2.24) is 26.1 Å². The van der Waals surface area contributed by atoms with Gasteiger partial charge in [-0.05, 0) is 42.1 Å². The number of benzene rings is 2. The Morgan fingerprint density at radius 2 is 2.02 bits per heavy atom. The quantitative estimate of drug-likeness (QED) is 0.0888. The standard InChI is InChI=1S/C28H35BN6O6S/c30-21-15-32-35-22-13-17(5-7-19(21)22)20-14-18(29(38)39)6-8-24(20)41-12-11-40-10-9-31-26(36)4-2-1-3-25-27-23(16-42-25)33-28(37)34-27/h5-8,13-15,23,25,27,38-39H,1-4,9-12,16H2,(H2,30,35)(H,31,36)(H2,33,34,37)/t23-,25-,27-/m0/s1. The minimum atomic E-state index is -1.62. The van der Waals surface area contributed by atoms with Crippen LogP contribution in [0.2, 0.25) is 0 Å². The Morgan fingerprint density at radius 3 is 2.88 bits per heavy atom. The maximum atomic E-state index is 12.2. The number of unbranched alkanes of at least 4 members (excludes halogenated alkanes) is 1. The van der Waals surface area contributed by atoms with Crippen LogP contribution in [0.5, 0.6) is 5.75 Å². The van der Waals surface area contributed by atoms with Crippen LogP contribution in [0.4, 0.5) is 10.5 Å². The van der Waals surface area contributed by atoms with Crippen molar-refractivity contribution in [2.24, 2.45) is 0 Å². The van der Waals surface area contributed by atoms with E-state index in [1.54, 1.807) is 18.2 Å². The predicted octanol–water partition coefficient (Wildman–Crippen LogP) is 0.796. The van der Waals surface area contributed by atoms with Crippen molar-refractivity contribution in [2.45, 2.75) is 43.0 Å². The van der Waals surface area contributed by atoms with E-state index in [4.69, 9.17) is 15.2 Å². The Hall–Kier alpha value is -3.59. The molecule has 7 N–H and O–H groups in total. The first kappa shape index (κ1) is 29.9. The third-order valence-corrected chi connectivity index (χ3v) is 8.93. The lowest BCUT2D eigenvalue weighted by molar-refractivity contribution is -0.121. The first-order valence-electron chi connectivity index (χ1n) is 14.1. The summed E-state index contributed by atoms with van der Waals surface area (Å²) in [6, 6.07) is 10.8. The molecule has 12 nitrogen and oxygen atoms in total. The van der Waals surface area contributed by atoms with E-state index < -0.39 is 7.12 Å². The molecule has 3 amide bonds. The Kier molecular flexibility index (Phi) is 10.0. The zero-order chi connectivity index (χ0) is 29.5. The summed E-state index contributed by atoms with van der Waals surface area (Å²) < 4.78 is 11.6. The molecule has 2 aliphatic rings. The molecule has 3 heterocycles. The number of carbonyl (C=O) groups is 2. The van der Waals surface area contributed by atoms with Gasteiger partial charge in [-0.25, -0.2) is 4.79 Å². The van der Waals surface area contributed by atoms with E-state index in [1.807, 2.05) is 30.0 Å². The van der Waals surface area contributed by atoms with Gasteiger partial charge in [-0.15, -0.1) is 0 Å². The van der Waals surface area contributed by atoms with E-state index in [1.165, 1.54) is 6.20 Å². The third kappa shape index (κ3) is 7.43. The van der Waals surface area contributed by atoms with Gasteiger partial charge in [-0.1, -0.05) is 24.6 Å². The molecule has 0 spiro atoms. The Balaban J connectivity index is 1.01. The fraction of sp³-hybridized carbons (Fsp3) is 0.429. The summed E-state index contributed by atoms with van der Waals surface area (Å²) in [5.74, 6) is 1.49. The van der Waals surface area contributed by atoms with Crippen molar-refractivity contribution in [3.8, 4) is 16.9 Å². The average molecular weight is 595 g/mol. The highest BCUT2D eigenvalue weighted by Crippen LogP contribution is 2.34. The number of rotatable bonds is 14. The summed E-state index contributed by atoms with van der Waals surface area (Å²) in [6.45, 7) is 1.34. The number of anilines is 1. The van der Waals surface area contributed by atoms with E-state index in [0.717, 1.165) is 36.0 Å². The molecular formula is C28H35BN6O6S. The van der Waals surface area contributed by atoms with Gasteiger partial charge in [-0.2, -0.15) is 22.0 Å². The van der Waals surface area contributed by atoms with Crippen molar-refractivity contribution in [3.05, 3.63) is 42.6 Å². The van der Waals surface area contributed by atoms with Gasteiger partial charge >= 0.3 is 13.1 Å². The maximum Gasteiger partial charge on any atom is 0.488 e. The number of hydrogen-bond donors (Lipinski definition) is 6. The minimum absolute atomic E-state index is 0.000251. The molecular weight excluding hydrogens is 559 g/mol. The second kappa shape index (κ2) is 14.1. The molecule has 3 atom stereocenters. The van der Waals surface area contributed by atoms with Gasteiger partial charge in [0.25, 0.3) is 0 Å². The second-order valence-corrected chi connectivity index (χ2v) is 11.6. The Morgan fingerprint density at radius 1 is 1.14 bits per heavy atom. The molecule has 5 rings (SSSR count). The summed E-state index contributed by atoms with van der Waals surface area (Å²) in [6.07, 6.45) is 4.69. The van der Waals surface area contributed by atoms with Crippen molar-refractivity contribution < 1.29 is 29.1 Å². The number of nitrogens with two attached hydrogens (primary N) is 1. The van der Waals surface area contributed by atoms with Gasteiger partial charge in [0.1, 0.15) is 12.4 Å². The number of nitrogens with one attached hydrogen (secondary N) is 3. The van der Waals surface area contributed by atoms with Crippen molar-refractivity contribution in [1.29, 1.82) is 0 Å². The zero-order valence-electron chi connectivity index (χ0n) is 23.1. The van der Waals surface area contributed by atoms with Crippen LogP contribution >= 0.6 is 11.8 Å². The number of hydrogen-bond acceptors (Lipinski definition) is 10. The Labute approximate surface area is 248 Å². The molecule has 0 radical (unpaired) electrons. The van der Waals surface area contributed by atoms with Crippen LogP contribution in [0.1, 0.15) is 25.7 Å². The van der Waals surface area contributed by atoms with E-state index in [2.05, 4.69) is 26.1 Å². The number of fused-ring (bicyclic) bond motifs is 2. The molecule has 2 fully saturated rings. The summed E-state index contributed by atoms with van der Waals surface area (Å²) in [7, 11) is -1.62. The molecule has 0 saturated carbocycles. The molecule has 2 aromatic carbocycles. The number of urea groups is 1. The number of amides is 3. The highest BCUT2D eigenvalue weighted by molar-refractivity contribution is 8.00. The fourth-order valence-electron chi connectivity index (χ4n) is 5.25. The van der Waals surface area contributed by atoms with Gasteiger partial charge in [0.15, 0.2) is 0 Å². The molecule has 222 valence electrons. The van der Waals surface area contributed by atoms with Crippen LogP contribution in [0, 0.1) is 0 Å². The lowest BCUT2D eigenvalue weighted by Gasteiger charge is -2.16. The van der Waals surface area contributed by atoms with Crippen LogP contribution in [0.15, 0.2) is 42.6 Å². The summed E-state index contributed by atoms with van der Waals surface area (Å²) >= 11 is 1.89. The van der Waals surface area contributed by atoms with Crippen LogP contribution < -0.4 is 31.9 Å². The van der Waals surface area contributed by atoms with Gasteiger partial charge < -0.3 is 41.2 Å². The van der Waals surface area contributed by atoms with Gasteiger partial charge in [0, 0.05) is 34.9 Å². The first-order chi connectivity index (χ1) is 20.4. The predicted molar refractivity (Wildman–Crippen MR) is 162 cm³/mol. The molecule has 1 aromatic heterocycles. The van der Waals surface area contributed by atoms with Gasteiger partial charge in [0.2, 0.25) is 5.91 Å². The van der Waals surface area contributed by atoms with Crippen LogP contribution in [-0.2, 0) is 9.53 Å². The highest BCUT2D eigenvalue weighted by atomic mass is 32.2. The van der Waals surface area contributed by atoms with Crippen LogP contribution in [0.3, 0.4) is 0 Å². The van der Waals surface area contributed by atoms with E-state index in [9.17, 15) is 19.6 Å². The van der Waals surface area contributed by atoms with E-state index >= 15 is 0 Å². The molecule has 0 aliphatic carbocycles. The molecule has 14 heteroatoms. The van der Waals surface area contributed by atoms with Gasteiger partial charge in [-0.3, -0.25) is 4.79 Å². The monoisotopic (exact) mass is 594 g/mol. The number of aromatic nitrogens is 2. The highest BCUT2D eigenvalue weighted by Gasteiger charge is 2.42. The zero-order valence-corrected chi connectivity index (χ0v) is 23.9. The largest absolute Gasteiger partial charge is 0.491 e. The first-order valence-corrected chi connectivity index (χ1v) is 15.1. The number of thioether (sulfide) groups is 1. The molecule has 2 saturated heterocycles. The maximum absolute atomic E-state index is 12.2. The summed E-state index contributed by atoms with van der Waals surface area (Å²) in [5, 5.41) is 37.4. The number of nitrogen functional groups attached to an aromatic ring is 1. The second-order valence-electron chi connectivity index (χ2n) is 10.3. The molecule has 0 bridgehead atoms. The van der Waals surface area contributed by atoms with Crippen LogP contribution in [-0.4, -0.2) is 88.8 Å². The third-order valence-electron chi connectivity index (χ3n) is 7.42. The number of nitrogens with zero attached hydrogens (tertiary/aromatic N) is 2. The number of ether oxygens (including phenoxy) is 2. The fourth-order valence-corrected chi connectivity index (χ4v) is 6.79. The minimum Gasteiger partial charge on any atom is -0.491 e. The topological polar surface area (TPSA) is 181 Å². The molecule has 2 aliphatic heterocycles. The SMILES string of the molecule is Nc1cnnc2cc(-c3cc(B(O)O)ccc3OCCOCCNC(=O)CCCC[C@@H]3SC[C@@H]4NC(=O)N[C@@H]43)ccc12. The molecule has 0 unspecified atom stereocenters. The average Bonchev–Trinajstić information content (AvgIpc) is 3.53. The smallest absolute Gasteiger partial charge is 0.488 e. The van der Waals surface area contributed by atoms with Gasteiger partial charge in [0.05, 0.1) is 42.7 Å². The van der Waals surface area contributed by atoms with E-state index in [-0.39, 0.29) is 30.6 Å². The number of carbonyl (C=O) groups excluding carboxylic acids is 2. The summed E-state index contributed by atoms with van der Waals surface area (Å²) in [5.41, 5.74) is 8.88. The van der Waals surface area contributed by atoms with E-state index in [0.29, 0.717) is 59.4 Å². The normalized spacial score (nSPS) is 19.3.